The van der Waals surface area contributed by atoms with E-state index in [0.29, 0.717) is 10.8 Å². The molecule has 1 aliphatic rings. The monoisotopic (exact) mass is 302 g/mol. The molecular weight excluding hydrogens is 280 g/mol. The van der Waals surface area contributed by atoms with Gasteiger partial charge in [0.25, 0.3) is 0 Å². The van der Waals surface area contributed by atoms with Crippen LogP contribution in [0.25, 0.3) is 0 Å². The van der Waals surface area contributed by atoms with E-state index in [1.165, 1.54) is 24.2 Å². The van der Waals surface area contributed by atoms with E-state index in [9.17, 15) is 8.42 Å². The third-order valence-corrected chi connectivity index (χ3v) is 6.83. The van der Waals surface area contributed by atoms with E-state index in [2.05, 4.69) is 4.72 Å². The van der Waals surface area contributed by atoms with Crippen molar-refractivity contribution < 1.29 is 8.42 Å². The molecule has 3 N–H and O–H groups in total. The first-order valence-corrected chi connectivity index (χ1v) is 9.08. The SMILES string of the molecule is CCC(CC1CC1)NS(=O)(=O)c1cc(C)c(CN)s1. The molecule has 0 bridgehead atoms. The molecule has 1 atom stereocenters. The van der Waals surface area contributed by atoms with E-state index in [4.69, 9.17) is 5.73 Å². The summed E-state index contributed by atoms with van der Waals surface area (Å²) in [6.45, 7) is 4.32. The van der Waals surface area contributed by atoms with Crippen molar-refractivity contribution in [2.45, 2.75) is 56.3 Å². The van der Waals surface area contributed by atoms with Gasteiger partial charge in [-0.3, -0.25) is 0 Å². The molecule has 2 rings (SSSR count). The van der Waals surface area contributed by atoms with Gasteiger partial charge in [-0.2, -0.15) is 0 Å². The third-order valence-electron chi connectivity index (χ3n) is 3.58. The lowest BCUT2D eigenvalue weighted by atomic mass is 10.1. The number of sulfonamides is 1. The second-order valence-corrected chi connectivity index (χ2v) is 8.36. The van der Waals surface area contributed by atoms with Crippen LogP contribution in [0.5, 0.6) is 0 Å². The van der Waals surface area contributed by atoms with Crippen molar-refractivity contribution >= 4 is 21.4 Å². The van der Waals surface area contributed by atoms with Crippen molar-refractivity contribution in [1.82, 2.24) is 4.72 Å². The van der Waals surface area contributed by atoms with E-state index in [1.54, 1.807) is 6.07 Å². The lowest BCUT2D eigenvalue weighted by Crippen LogP contribution is -2.34. The van der Waals surface area contributed by atoms with Crippen LogP contribution in [-0.4, -0.2) is 14.5 Å². The maximum absolute atomic E-state index is 12.3. The van der Waals surface area contributed by atoms with Gasteiger partial charge in [0.05, 0.1) is 0 Å². The molecule has 0 aromatic carbocycles. The summed E-state index contributed by atoms with van der Waals surface area (Å²) in [5, 5.41) is 0. The maximum atomic E-state index is 12.3. The molecule has 4 nitrogen and oxygen atoms in total. The van der Waals surface area contributed by atoms with Crippen LogP contribution in [0.2, 0.25) is 0 Å². The molecule has 1 aliphatic carbocycles. The molecule has 1 aromatic heterocycles. The highest BCUT2D eigenvalue weighted by molar-refractivity contribution is 7.91. The quantitative estimate of drug-likeness (QED) is 0.812. The standard InChI is InChI=1S/C13H22N2O2S2/c1-3-11(7-10-4-5-10)15-19(16,17)13-6-9(2)12(8-14)18-13/h6,10-11,15H,3-5,7-8,14H2,1-2H3. The van der Waals surface area contributed by atoms with Crippen LogP contribution in [0.3, 0.4) is 0 Å². The Kier molecular flexibility index (Phi) is 4.66. The van der Waals surface area contributed by atoms with Crippen LogP contribution in [0.15, 0.2) is 10.3 Å². The second-order valence-electron chi connectivity index (χ2n) is 5.28. The van der Waals surface area contributed by atoms with E-state index in [-0.39, 0.29) is 6.04 Å². The molecule has 0 saturated heterocycles. The Balaban J connectivity index is 2.11. The zero-order chi connectivity index (χ0) is 14.0. The van der Waals surface area contributed by atoms with E-state index >= 15 is 0 Å². The minimum absolute atomic E-state index is 0.0567. The fraction of sp³-hybridized carbons (Fsp3) is 0.692. The van der Waals surface area contributed by atoms with Gasteiger partial charge in [-0.1, -0.05) is 19.8 Å². The molecule has 0 spiro atoms. The van der Waals surface area contributed by atoms with Gasteiger partial charge in [0.15, 0.2) is 0 Å². The minimum atomic E-state index is -3.39. The zero-order valence-electron chi connectivity index (χ0n) is 11.5. The summed E-state index contributed by atoms with van der Waals surface area (Å²) >= 11 is 1.28. The number of rotatable bonds is 7. The van der Waals surface area contributed by atoms with Crippen LogP contribution < -0.4 is 10.5 Å². The molecule has 1 saturated carbocycles. The van der Waals surface area contributed by atoms with Gasteiger partial charge in [0.2, 0.25) is 10.0 Å². The number of nitrogens with one attached hydrogen (secondary N) is 1. The van der Waals surface area contributed by atoms with Crippen molar-refractivity contribution in [3.63, 3.8) is 0 Å². The number of hydrogen-bond acceptors (Lipinski definition) is 4. The van der Waals surface area contributed by atoms with E-state index in [0.717, 1.165) is 29.2 Å². The van der Waals surface area contributed by atoms with Crippen LogP contribution in [0.1, 0.15) is 43.0 Å². The number of hydrogen-bond donors (Lipinski definition) is 2. The Labute approximate surface area is 119 Å². The smallest absolute Gasteiger partial charge is 0.250 e. The van der Waals surface area contributed by atoms with Crippen molar-refractivity contribution in [2.24, 2.45) is 11.7 Å². The van der Waals surface area contributed by atoms with Crippen LogP contribution >= 0.6 is 11.3 Å². The number of aryl methyl sites for hydroxylation is 1. The molecule has 108 valence electrons. The highest BCUT2D eigenvalue weighted by atomic mass is 32.2. The summed E-state index contributed by atoms with van der Waals surface area (Å²) in [5.41, 5.74) is 6.57. The molecule has 1 aromatic rings. The Hall–Kier alpha value is -0.430. The van der Waals surface area contributed by atoms with Gasteiger partial charge in [0, 0.05) is 17.5 Å². The number of thiophene rings is 1. The summed E-state index contributed by atoms with van der Waals surface area (Å²) in [7, 11) is -3.39. The fourth-order valence-corrected chi connectivity index (χ4v) is 4.97. The number of nitrogens with two attached hydrogens (primary N) is 1. The zero-order valence-corrected chi connectivity index (χ0v) is 13.1. The van der Waals surface area contributed by atoms with Crippen molar-refractivity contribution in [3.05, 3.63) is 16.5 Å². The average Bonchev–Trinajstić information content (AvgIpc) is 3.08. The van der Waals surface area contributed by atoms with Crippen molar-refractivity contribution in [1.29, 1.82) is 0 Å². The molecule has 0 aliphatic heterocycles. The maximum Gasteiger partial charge on any atom is 0.250 e. The van der Waals surface area contributed by atoms with Crippen LogP contribution in [-0.2, 0) is 16.6 Å². The van der Waals surface area contributed by atoms with E-state index < -0.39 is 10.0 Å². The van der Waals surface area contributed by atoms with Gasteiger partial charge in [0.1, 0.15) is 4.21 Å². The van der Waals surface area contributed by atoms with Crippen molar-refractivity contribution in [3.8, 4) is 0 Å². The largest absolute Gasteiger partial charge is 0.326 e. The molecule has 6 heteroatoms. The lowest BCUT2D eigenvalue weighted by Gasteiger charge is -2.15. The summed E-state index contributed by atoms with van der Waals surface area (Å²) in [6, 6.07) is 1.78. The lowest BCUT2D eigenvalue weighted by molar-refractivity contribution is 0.496. The summed E-state index contributed by atoms with van der Waals surface area (Å²) < 4.78 is 27.9. The minimum Gasteiger partial charge on any atom is -0.326 e. The Morgan fingerprint density at radius 3 is 2.68 bits per heavy atom. The molecule has 1 unspecified atom stereocenters. The summed E-state index contributed by atoms with van der Waals surface area (Å²) in [4.78, 5) is 0.940. The van der Waals surface area contributed by atoms with Crippen LogP contribution in [0, 0.1) is 12.8 Å². The second kappa shape index (κ2) is 5.91. The van der Waals surface area contributed by atoms with Crippen molar-refractivity contribution in [2.75, 3.05) is 0 Å². The normalized spacial score (nSPS) is 17.6. The summed E-state index contributed by atoms with van der Waals surface area (Å²) in [5.74, 6) is 0.720. The molecular formula is C13H22N2O2S2. The Bertz CT molecular complexity index is 533. The van der Waals surface area contributed by atoms with E-state index in [1.807, 2.05) is 13.8 Å². The van der Waals surface area contributed by atoms with Gasteiger partial charge < -0.3 is 5.73 Å². The third kappa shape index (κ3) is 3.78. The molecule has 0 radical (unpaired) electrons. The molecule has 0 amide bonds. The molecule has 1 heterocycles. The van der Waals surface area contributed by atoms with Gasteiger partial charge in [-0.05, 0) is 37.3 Å². The predicted octanol–water partition coefficient (Wildman–Crippen LogP) is 2.37. The highest BCUT2D eigenvalue weighted by Gasteiger charge is 2.28. The highest BCUT2D eigenvalue weighted by Crippen LogP contribution is 2.34. The van der Waals surface area contributed by atoms with Gasteiger partial charge in [-0.25, -0.2) is 13.1 Å². The summed E-state index contributed by atoms with van der Waals surface area (Å²) in [6.07, 6.45) is 4.29. The van der Waals surface area contributed by atoms with Gasteiger partial charge >= 0.3 is 0 Å². The Morgan fingerprint density at radius 2 is 2.21 bits per heavy atom. The molecule has 19 heavy (non-hydrogen) atoms. The molecule has 1 fully saturated rings. The fourth-order valence-electron chi connectivity index (χ4n) is 2.16. The average molecular weight is 302 g/mol. The van der Waals surface area contributed by atoms with Gasteiger partial charge in [-0.15, -0.1) is 11.3 Å². The first-order valence-electron chi connectivity index (χ1n) is 6.78. The van der Waals surface area contributed by atoms with Crippen LogP contribution in [0.4, 0.5) is 0 Å². The predicted molar refractivity (Wildman–Crippen MR) is 78.7 cm³/mol. The topological polar surface area (TPSA) is 72.2 Å². The Morgan fingerprint density at radius 1 is 1.53 bits per heavy atom. The first-order chi connectivity index (χ1) is 8.96. The first kappa shape index (κ1) is 15.0.